The highest BCUT2D eigenvalue weighted by atomic mass is 16.4. The van der Waals surface area contributed by atoms with Gasteiger partial charge in [0.05, 0.1) is 0 Å². The minimum absolute atomic E-state index is 0.414. The van der Waals surface area contributed by atoms with Crippen LogP contribution in [-0.2, 0) is 4.79 Å². The third-order valence-electron chi connectivity index (χ3n) is 2.25. The summed E-state index contributed by atoms with van der Waals surface area (Å²) in [5.41, 5.74) is 0. The van der Waals surface area contributed by atoms with Gasteiger partial charge in [-0.15, -0.1) is 0 Å². The van der Waals surface area contributed by atoms with Gasteiger partial charge in [-0.3, -0.25) is 0 Å². The minimum atomic E-state index is -0.991. The zero-order valence-electron chi connectivity index (χ0n) is 10.6. The van der Waals surface area contributed by atoms with Gasteiger partial charge in [0.2, 0.25) is 0 Å². The number of hydrogen-bond donors (Lipinski definition) is 4. The van der Waals surface area contributed by atoms with Crippen molar-refractivity contribution in [3.05, 3.63) is 0 Å². The summed E-state index contributed by atoms with van der Waals surface area (Å²) in [6, 6.07) is -1.21. The quantitative estimate of drug-likeness (QED) is 0.446. The second kappa shape index (κ2) is 9.89. The molecule has 2 amide bonds. The molecule has 0 saturated carbocycles. The molecule has 6 nitrogen and oxygen atoms in total. The largest absolute Gasteiger partial charge is 0.480 e. The van der Waals surface area contributed by atoms with Crippen LogP contribution in [0.3, 0.4) is 0 Å². The Labute approximate surface area is 102 Å². The first kappa shape index (κ1) is 15.7. The number of rotatable bonds is 9. The summed E-state index contributed by atoms with van der Waals surface area (Å²) in [6.45, 7) is 6.18. The van der Waals surface area contributed by atoms with Crippen molar-refractivity contribution in [1.82, 2.24) is 16.0 Å². The molecule has 0 aliphatic heterocycles. The normalized spacial score (nSPS) is 11.9. The molecule has 0 bridgehead atoms. The number of hydrogen-bond acceptors (Lipinski definition) is 3. The average Bonchev–Trinajstić information content (AvgIpc) is 2.28. The Morgan fingerprint density at radius 1 is 1.24 bits per heavy atom. The first-order chi connectivity index (χ1) is 8.11. The lowest BCUT2D eigenvalue weighted by Crippen LogP contribution is -2.46. The number of carbonyl (C=O) groups is 2. The Hall–Kier alpha value is -1.30. The van der Waals surface area contributed by atoms with E-state index in [1.54, 1.807) is 0 Å². The molecule has 100 valence electrons. The maximum Gasteiger partial charge on any atom is 0.326 e. The molecule has 0 aliphatic carbocycles. The minimum Gasteiger partial charge on any atom is -0.480 e. The molecule has 0 aromatic heterocycles. The third kappa shape index (κ3) is 8.50. The van der Waals surface area contributed by atoms with Crippen LogP contribution in [0.15, 0.2) is 0 Å². The molecule has 0 saturated heterocycles. The van der Waals surface area contributed by atoms with Gasteiger partial charge < -0.3 is 21.1 Å². The zero-order valence-corrected chi connectivity index (χ0v) is 10.6. The van der Waals surface area contributed by atoms with E-state index < -0.39 is 18.0 Å². The van der Waals surface area contributed by atoms with Crippen molar-refractivity contribution in [2.45, 2.75) is 39.2 Å². The van der Waals surface area contributed by atoms with Crippen LogP contribution in [0.2, 0.25) is 0 Å². The van der Waals surface area contributed by atoms with Crippen LogP contribution in [0.1, 0.15) is 33.1 Å². The van der Waals surface area contributed by atoms with Crippen LogP contribution in [0.25, 0.3) is 0 Å². The summed E-state index contributed by atoms with van der Waals surface area (Å²) in [5.74, 6) is -0.991. The second-order valence-electron chi connectivity index (χ2n) is 3.79. The van der Waals surface area contributed by atoms with Crippen LogP contribution < -0.4 is 16.0 Å². The Kier molecular flexibility index (Phi) is 9.14. The van der Waals surface area contributed by atoms with E-state index in [1.807, 2.05) is 13.8 Å². The van der Waals surface area contributed by atoms with Crippen molar-refractivity contribution in [2.75, 3.05) is 19.6 Å². The first-order valence-electron chi connectivity index (χ1n) is 6.09. The predicted octanol–water partition coefficient (Wildman–Crippen LogP) is 0.539. The van der Waals surface area contributed by atoms with Gasteiger partial charge in [-0.25, -0.2) is 9.59 Å². The SMILES string of the molecule is CCCC(NC(=O)NCCCNCC)C(=O)O. The van der Waals surface area contributed by atoms with E-state index in [1.165, 1.54) is 0 Å². The molecule has 0 aromatic carbocycles. The number of urea groups is 1. The number of amides is 2. The molecule has 1 unspecified atom stereocenters. The lowest BCUT2D eigenvalue weighted by atomic mass is 10.2. The molecule has 0 rings (SSSR count). The summed E-state index contributed by atoms with van der Waals surface area (Å²) < 4.78 is 0. The predicted molar refractivity (Wildman–Crippen MR) is 66.0 cm³/mol. The smallest absolute Gasteiger partial charge is 0.326 e. The number of carboxylic acids is 1. The monoisotopic (exact) mass is 245 g/mol. The van der Waals surface area contributed by atoms with Gasteiger partial charge in [-0.1, -0.05) is 20.3 Å². The topological polar surface area (TPSA) is 90.5 Å². The molecular weight excluding hydrogens is 222 g/mol. The van der Waals surface area contributed by atoms with Crippen molar-refractivity contribution in [2.24, 2.45) is 0 Å². The lowest BCUT2D eigenvalue weighted by Gasteiger charge is -2.14. The molecule has 0 aliphatic rings. The molecular formula is C11H23N3O3. The van der Waals surface area contributed by atoms with Crippen molar-refractivity contribution < 1.29 is 14.7 Å². The maximum absolute atomic E-state index is 11.4. The Balaban J connectivity index is 3.71. The van der Waals surface area contributed by atoms with E-state index in [0.29, 0.717) is 13.0 Å². The van der Waals surface area contributed by atoms with E-state index in [-0.39, 0.29) is 0 Å². The Morgan fingerprint density at radius 2 is 1.94 bits per heavy atom. The third-order valence-corrected chi connectivity index (χ3v) is 2.25. The molecule has 0 fully saturated rings. The Bertz CT molecular complexity index is 234. The molecule has 6 heteroatoms. The van der Waals surface area contributed by atoms with Crippen LogP contribution in [0.4, 0.5) is 4.79 Å². The fourth-order valence-corrected chi connectivity index (χ4v) is 1.35. The summed E-state index contributed by atoms with van der Waals surface area (Å²) in [5, 5.41) is 17.0. The summed E-state index contributed by atoms with van der Waals surface area (Å²) in [6.07, 6.45) is 1.99. The highest BCUT2D eigenvalue weighted by Gasteiger charge is 2.17. The lowest BCUT2D eigenvalue weighted by molar-refractivity contribution is -0.139. The highest BCUT2D eigenvalue weighted by Crippen LogP contribution is 1.96. The van der Waals surface area contributed by atoms with E-state index in [2.05, 4.69) is 16.0 Å². The molecule has 4 N–H and O–H groups in total. The molecule has 0 aromatic rings. The Morgan fingerprint density at radius 3 is 2.47 bits per heavy atom. The summed E-state index contributed by atoms with van der Waals surface area (Å²) >= 11 is 0. The number of aliphatic carboxylic acids is 1. The van der Waals surface area contributed by atoms with Crippen molar-refractivity contribution in [1.29, 1.82) is 0 Å². The summed E-state index contributed by atoms with van der Waals surface area (Å²) in [4.78, 5) is 22.1. The summed E-state index contributed by atoms with van der Waals surface area (Å²) in [7, 11) is 0. The molecule has 17 heavy (non-hydrogen) atoms. The number of carbonyl (C=O) groups excluding carboxylic acids is 1. The zero-order chi connectivity index (χ0) is 13.1. The van der Waals surface area contributed by atoms with Crippen LogP contribution in [0, 0.1) is 0 Å². The van der Waals surface area contributed by atoms with Crippen LogP contribution in [0.5, 0.6) is 0 Å². The first-order valence-corrected chi connectivity index (χ1v) is 6.09. The van der Waals surface area contributed by atoms with Crippen LogP contribution in [-0.4, -0.2) is 42.8 Å². The van der Waals surface area contributed by atoms with Gasteiger partial charge in [0.15, 0.2) is 0 Å². The van der Waals surface area contributed by atoms with Crippen molar-refractivity contribution in [3.8, 4) is 0 Å². The molecule has 1 atom stereocenters. The highest BCUT2D eigenvalue weighted by molar-refractivity contribution is 5.82. The van der Waals surface area contributed by atoms with E-state index in [4.69, 9.17) is 5.11 Å². The van der Waals surface area contributed by atoms with Gasteiger partial charge in [0.25, 0.3) is 0 Å². The van der Waals surface area contributed by atoms with E-state index in [9.17, 15) is 9.59 Å². The fourth-order valence-electron chi connectivity index (χ4n) is 1.35. The molecule has 0 radical (unpaired) electrons. The van der Waals surface area contributed by atoms with Crippen molar-refractivity contribution in [3.63, 3.8) is 0 Å². The standard InChI is InChI=1S/C11H23N3O3/c1-3-6-9(10(15)16)14-11(17)13-8-5-7-12-4-2/h9,12H,3-8H2,1-2H3,(H,15,16)(H2,13,14,17). The molecule has 0 heterocycles. The average molecular weight is 245 g/mol. The van der Waals surface area contributed by atoms with Crippen LogP contribution >= 0.6 is 0 Å². The van der Waals surface area contributed by atoms with Gasteiger partial charge in [0, 0.05) is 6.54 Å². The van der Waals surface area contributed by atoms with Gasteiger partial charge >= 0.3 is 12.0 Å². The van der Waals surface area contributed by atoms with Gasteiger partial charge in [-0.2, -0.15) is 0 Å². The molecule has 0 spiro atoms. The van der Waals surface area contributed by atoms with E-state index >= 15 is 0 Å². The number of carboxylic acid groups (broad SMARTS) is 1. The van der Waals surface area contributed by atoms with Gasteiger partial charge in [-0.05, 0) is 25.9 Å². The second-order valence-corrected chi connectivity index (χ2v) is 3.79. The van der Waals surface area contributed by atoms with Gasteiger partial charge in [0.1, 0.15) is 6.04 Å². The maximum atomic E-state index is 11.4. The van der Waals surface area contributed by atoms with Crippen molar-refractivity contribution >= 4 is 12.0 Å². The fraction of sp³-hybridized carbons (Fsp3) is 0.818. The number of nitrogens with one attached hydrogen (secondary N) is 3. The van der Waals surface area contributed by atoms with E-state index in [0.717, 1.165) is 25.9 Å².